The van der Waals surface area contributed by atoms with Gasteiger partial charge in [0.2, 0.25) is 0 Å². The quantitative estimate of drug-likeness (QED) is 0.913. The molecule has 2 N–H and O–H groups in total. The summed E-state index contributed by atoms with van der Waals surface area (Å²) in [5, 5.41) is 0. The molecule has 2 heterocycles. The standard InChI is InChI=1S/C19H29N3O2/c1-15(20)18-6-3-7-22(14-18)19(23)17-5-2-4-16(12-17)13-21-8-10-24-11-9-21/h2,4-5,12,15,18H,3,6-11,13-14,20H2,1H3/t15-,18+/m1/s1. The van der Waals surface area contributed by atoms with Gasteiger partial charge in [0.15, 0.2) is 0 Å². The Labute approximate surface area is 144 Å². The van der Waals surface area contributed by atoms with Gasteiger partial charge in [-0.15, -0.1) is 0 Å². The zero-order valence-electron chi connectivity index (χ0n) is 14.6. The molecule has 132 valence electrons. The van der Waals surface area contributed by atoms with Crippen molar-refractivity contribution in [1.82, 2.24) is 9.80 Å². The van der Waals surface area contributed by atoms with Crippen molar-refractivity contribution in [2.75, 3.05) is 39.4 Å². The smallest absolute Gasteiger partial charge is 0.253 e. The number of morpholine rings is 1. The van der Waals surface area contributed by atoms with E-state index in [1.165, 1.54) is 5.56 Å². The maximum atomic E-state index is 12.9. The van der Waals surface area contributed by atoms with Crippen LogP contribution in [0.2, 0.25) is 0 Å². The molecule has 1 amide bonds. The lowest BCUT2D eigenvalue weighted by Crippen LogP contribution is -2.45. The van der Waals surface area contributed by atoms with Crippen LogP contribution in [0.4, 0.5) is 0 Å². The fourth-order valence-corrected chi connectivity index (χ4v) is 3.63. The molecule has 2 atom stereocenters. The number of nitrogens with zero attached hydrogens (tertiary/aromatic N) is 2. The maximum Gasteiger partial charge on any atom is 0.253 e. The second kappa shape index (κ2) is 8.10. The molecule has 24 heavy (non-hydrogen) atoms. The number of ether oxygens (including phenoxy) is 1. The average Bonchev–Trinajstić information content (AvgIpc) is 2.62. The molecule has 0 radical (unpaired) electrons. The number of piperidine rings is 1. The third kappa shape index (κ3) is 4.35. The molecule has 0 saturated carbocycles. The topological polar surface area (TPSA) is 58.8 Å². The molecular formula is C19H29N3O2. The predicted molar refractivity (Wildman–Crippen MR) is 94.8 cm³/mol. The van der Waals surface area contributed by atoms with E-state index in [9.17, 15) is 4.79 Å². The highest BCUT2D eigenvalue weighted by atomic mass is 16.5. The van der Waals surface area contributed by atoms with E-state index in [0.29, 0.717) is 5.92 Å². The van der Waals surface area contributed by atoms with Crippen molar-refractivity contribution in [2.24, 2.45) is 11.7 Å². The number of rotatable bonds is 4. The third-order valence-electron chi connectivity index (χ3n) is 5.17. The summed E-state index contributed by atoms with van der Waals surface area (Å²) in [6.07, 6.45) is 2.17. The van der Waals surface area contributed by atoms with Crippen LogP contribution in [0.25, 0.3) is 0 Å². The van der Waals surface area contributed by atoms with Crippen LogP contribution >= 0.6 is 0 Å². The first-order chi connectivity index (χ1) is 11.6. The van der Waals surface area contributed by atoms with Gasteiger partial charge in [0.25, 0.3) is 5.91 Å². The Morgan fingerprint density at radius 2 is 2.12 bits per heavy atom. The van der Waals surface area contributed by atoms with Crippen LogP contribution in [0.15, 0.2) is 24.3 Å². The monoisotopic (exact) mass is 331 g/mol. The Morgan fingerprint density at radius 3 is 2.88 bits per heavy atom. The molecule has 0 bridgehead atoms. The van der Waals surface area contributed by atoms with Gasteiger partial charge in [0.05, 0.1) is 13.2 Å². The van der Waals surface area contributed by atoms with E-state index in [1.807, 2.05) is 30.0 Å². The van der Waals surface area contributed by atoms with Crippen LogP contribution in [0.3, 0.4) is 0 Å². The molecule has 5 nitrogen and oxygen atoms in total. The fourth-order valence-electron chi connectivity index (χ4n) is 3.63. The number of carbonyl (C=O) groups is 1. The lowest BCUT2D eigenvalue weighted by Gasteiger charge is -2.34. The Hall–Kier alpha value is -1.43. The molecule has 2 aliphatic heterocycles. The molecule has 0 unspecified atom stereocenters. The summed E-state index contributed by atoms with van der Waals surface area (Å²) in [7, 11) is 0. The van der Waals surface area contributed by atoms with Crippen LogP contribution in [0.1, 0.15) is 35.7 Å². The maximum absolute atomic E-state index is 12.9. The van der Waals surface area contributed by atoms with E-state index in [2.05, 4.69) is 11.0 Å². The molecule has 2 saturated heterocycles. The molecule has 0 aromatic heterocycles. The van der Waals surface area contributed by atoms with Crippen LogP contribution in [0.5, 0.6) is 0 Å². The molecular weight excluding hydrogens is 302 g/mol. The number of carbonyl (C=O) groups excluding carboxylic acids is 1. The summed E-state index contributed by atoms with van der Waals surface area (Å²) in [5.74, 6) is 0.559. The largest absolute Gasteiger partial charge is 0.379 e. The van der Waals surface area contributed by atoms with Gasteiger partial charge in [-0.1, -0.05) is 12.1 Å². The molecule has 2 fully saturated rings. The zero-order valence-corrected chi connectivity index (χ0v) is 14.6. The Bertz CT molecular complexity index is 555. The van der Waals surface area contributed by atoms with Crippen LogP contribution in [-0.4, -0.2) is 61.1 Å². The summed E-state index contributed by atoms with van der Waals surface area (Å²) in [6, 6.07) is 8.23. The van der Waals surface area contributed by atoms with E-state index in [0.717, 1.165) is 64.3 Å². The van der Waals surface area contributed by atoms with Crippen LogP contribution in [-0.2, 0) is 11.3 Å². The second-order valence-electron chi connectivity index (χ2n) is 7.10. The summed E-state index contributed by atoms with van der Waals surface area (Å²) < 4.78 is 5.40. The van der Waals surface area contributed by atoms with Crippen molar-refractivity contribution in [3.8, 4) is 0 Å². The lowest BCUT2D eigenvalue weighted by atomic mass is 9.92. The van der Waals surface area contributed by atoms with Gasteiger partial charge < -0.3 is 15.4 Å². The Balaban J connectivity index is 1.65. The molecule has 3 rings (SSSR count). The van der Waals surface area contributed by atoms with Crippen LogP contribution in [0, 0.1) is 5.92 Å². The molecule has 0 aliphatic carbocycles. The molecule has 1 aromatic rings. The highest BCUT2D eigenvalue weighted by Crippen LogP contribution is 2.21. The zero-order chi connectivity index (χ0) is 16.9. The van der Waals surface area contributed by atoms with Gasteiger partial charge in [-0.2, -0.15) is 0 Å². The Morgan fingerprint density at radius 1 is 1.33 bits per heavy atom. The normalized spacial score (nSPS) is 23.9. The van der Waals surface area contributed by atoms with Gasteiger partial charge in [-0.3, -0.25) is 9.69 Å². The SMILES string of the molecule is C[C@@H](N)[C@H]1CCCN(C(=O)c2cccc(CN3CCOCC3)c2)C1. The summed E-state index contributed by atoms with van der Waals surface area (Å²) in [5.41, 5.74) is 8.04. The fraction of sp³-hybridized carbons (Fsp3) is 0.632. The number of hydrogen-bond donors (Lipinski definition) is 1. The number of likely N-dealkylation sites (tertiary alicyclic amines) is 1. The van der Waals surface area contributed by atoms with E-state index in [-0.39, 0.29) is 11.9 Å². The van der Waals surface area contributed by atoms with E-state index in [4.69, 9.17) is 10.5 Å². The molecule has 2 aliphatic rings. The van der Waals surface area contributed by atoms with E-state index in [1.54, 1.807) is 0 Å². The van der Waals surface area contributed by atoms with Gasteiger partial charge in [0, 0.05) is 44.3 Å². The van der Waals surface area contributed by atoms with E-state index < -0.39 is 0 Å². The van der Waals surface area contributed by atoms with Crippen molar-refractivity contribution < 1.29 is 9.53 Å². The molecule has 0 spiro atoms. The predicted octanol–water partition coefficient (Wildman–Crippen LogP) is 1.72. The first-order valence-corrected chi connectivity index (χ1v) is 9.07. The summed E-state index contributed by atoms with van der Waals surface area (Å²) in [4.78, 5) is 17.2. The summed E-state index contributed by atoms with van der Waals surface area (Å²) >= 11 is 0. The van der Waals surface area contributed by atoms with E-state index >= 15 is 0 Å². The van der Waals surface area contributed by atoms with Crippen molar-refractivity contribution in [3.63, 3.8) is 0 Å². The number of amides is 1. The number of nitrogens with two attached hydrogens (primary N) is 1. The van der Waals surface area contributed by atoms with Gasteiger partial charge in [-0.25, -0.2) is 0 Å². The molecule has 5 heteroatoms. The average molecular weight is 331 g/mol. The lowest BCUT2D eigenvalue weighted by molar-refractivity contribution is 0.0341. The van der Waals surface area contributed by atoms with Crippen molar-refractivity contribution in [2.45, 2.75) is 32.4 Å². The third-order valence-corrected chi connectivity index (χ3v) is 5.17. The van der Waals surface area contributed by atoms with Gasteiger partial charge in [0.1, 0.15) is 0 Å². The Kier molecular flexibility index (Phi) is 5.87. The minimum absolute atomic E-state index is 0.143. The number of hydrogen-bond acceptors (Lipinski definition) is 4. The van der Waals surface area contributed by atoms with Crippen molar-refractivity contribution in [1.29, 1.82) is 0 Å². The highest BCUT2D eigenvalue weighted by molar-refractivity contribution is 5.94. The van der Waals surface area contributed by atoms with Gasteiger partial charge in [-0.05, 0) is 43.4 Å². The first kappa shape index (κ1) is 17.4. The highest BCUT2D eigenvalue weighted by Gasteiger charge is 2.26. The van der Waals surface area contributed by atoms with Crippen LogP contribution < -0.4 is 5.73 Å². The minimum Gasteiger partial charge on any atom is -0.379 e. The van der Waals surface area contributed by atoms with Crippen molar-refractivity contribution in [3.05, 3.63) is 35.4 Å². The number of benzene rings is 1. The summed E-state index contributed by atoms with van der Waals surface area (Å²) in [6.45, 7) is 8.06. The first-order valence-electron chi connectivity index (χ1n) is 9.07. The van der Waals surface area contributed by atoms with Gasteiger partial charge >= 0.3 is 0 Å². The second-order valence-corrected chi connectivity index (χ2v) is 7.10. The minimum atomic E-state index is 0.143. The van der Waals surface area contributed by atoms with Crippen molar-refractivity contribution >= 4 is 5.91 Å². The molecule has 1 aromatic carbocycles.